The van der Waals surface area contributed by atoms with E-state index in [9.17, 15) is 40.9 Å². The Morgan fingerprint density at radius 2 is 1.75 bits per heavy atom. The number of ketones is 1. The van der Waals surface area contributed by atoms with Gasteiger partial charge in [0.25, 0.3) is 0 Å². The van der Waals surface area contributed by atoms with E-state index in [4.69, 9.17) is 4.74 Å². The van der Waals surface area contributed by atoms with E-state index in [0.29, 0.717) is 107 Å². The number of benzene rings is 1. The van der Waals surface area contributed by atoms with Gasteiger partial charge in [0, 0.05) is 71.8 Å². The van der Waals surface area contributed by atoms with Crippen molar-refractivity contribution in [2.24, 2.45) is 79.8 Å². The third-order valence-electron chi connectivity index (χ3n) is 24.9. The normalized spacial score (nSPS) is 49.4. The van der Waals surface area contributed by atoms with Crippen LogP contribution in [0.15, 0.2) is 60.7 Å². The number of hydrogen-bond acceptors (Lipinski definition) is 14. The number of anilines is 1. The molecule has 420 valence electrons. The Morgan fingerprint density at radius 3 is 2.49 bits per heavy atom. The van der Waals surface area contributed by atoms with Crippen molar-refractivity contribution < 1.29 is 55.2 Å². The molecule has 21 unspecified atom stereocenters. The molecular formula is C61H83N3O11S2. The summed E-state index contributed by atoms with van der Waals surface area (Å²) in [4.78, 5) is 38.6. The monoisotopic (exact) mass is 1100 g/mol. The number of epoxide rings is 1. The Bertz CT molecular complexity index is 2740. The first-order valence-corrected chi connectivity index (χ1v) is 31.9. The van der Waals surface area contributed by atoms with Gasteiger partial charge in [-0.05, 0) is 166 Å². The molecular weight excluding hydrogens is 1010 g/mol. The summed E-state index contributed by atoms with van der Waals surface area (Å²) in [6.45, 7) is 9.24. The summed E-state index contributed by atoms with van der Waals surface area (Å²) in [6, 6.07) is 5.36. The van der Waals surface area contributed by atoms with E-state index in [0.717, 1.165) is 18.4 Å². The van der Waals surface area contributed by atoms with Gasteiger partial charge in [-0.2, -0.15) is 0 Å². The number of aliphatic hydroxyl groups is 7. The van der Waals surface area contributed by atoms with Crippen LogP contribution in [0.25, 0.3) is 0 Å². The molecule has 1 aromatic heterocycles. The standard InChI is InChI=1S/C61H83N3O11S2/c1-34(2)35(3)49-51(75-49)59(73)16-6-10-38-24-43-44-26-48(69)58(28-45(67)50(70)55(54(43,58)4)17-12-37(27-55)29-63-21-20-62-33-63)53(72)77-76-31-40-9-5-8-39(30-65)61(40)52(71)64(32-56(61)15-7-11-47(56)68)41-22-36(23-42(66)25-41)13-18-57(38)46(59)14-19-60(44,57)74/h6,10,20-23,25-26,33-35,37-40,43,45-47,49-51,53,65-68,70,72-74H,5,7-9,11-19,24,27-32H2,1-4H3. The quantitative estimate of drug-likeness (QED) is 0.0818. The minimum atomic E-state index is -1.66. The number of carbonyl (C=O) groups is 2. The van der Waals surface area contributed by atoms with Crippen LogP contribution in [0, 0.1) is 79.8 Å². The molecule has 77 heavy (non-hydrogen) atoms. The number of aliphatic hydroxyl groups excluding tert-OH is 5. The molecule has 13 aliphatic rings. The Labute approximate surface area is 461 Å². The van der Waals surface area contributed by atoms with Gasteiger partial charge in [-0.3, -0.25) is 9.59 Å². The highest BCUT2D eigenvalue weighted by atomic mass is 33.1. The maximum atomic E-state index is 16.4. The van der Waals surface area contributed by atoms with E-state index < -0.39 is 91.3 Å². The van der Waals surface area contributed by atoms with Crippen LogP contribution >= 0.6 is 21.6 Å². The van der Waals surface area contributed by atoms with E-state index in [2.05, 4.69) is 44.8 Å². The van der Waals surface area contributed by atoms with Crippen LogP contribution in [0.5, 0.6) is 5.75 Å². The molecule has 8 aliphatic carbocycles. The third kappa shape index (κ3) is 6.83. The summed E-state index contributed by atoms with van der Waals surface area (Å²) >= 11 is 0. The summed E-state index contributed by atoms with van der Waals surface area (Å²) < 4.78 is 8.64. The molecule has 2 aromatic rings. The number of hydrogen-bond donors (Lipinski definition) is 8. The molecule has 2 saturated heterocycles. The maximum absolute atomic E-state index is 16.4. The minimum absolute atomic E-state index is 0.0114. The highest BCUT2D eigenvalue weighted by Gasteiger charge is 2.82. The van der Waals surface area contributed by atoms with Crippen LogP contribution in [0.1, 0.15) is 130 Å². The van der Waals surface area contributed by atoms with Gasteiger partial charge in [0.15, 0.2) is 5.78 Å². The van der Waals surface area contributed by atoms with Gasteiger partial charge in [0.1, 0.15) is 22.9 Å². The second kappa shape index (κ2) is 18.4. The average Bonchev–Trinajstić information content (AvgIpc) is 2.98. The van der Waals surface area contributed by atoms with Gasteiger partial charge in [0.05, 0.1) is 47.2 Å². The number of fused-ring (bicyclic) bond motifs is 1. The first-order valence-electron chi connectivity index (χ1n) is 29.5. The average molecular weight is 1100 g/mol. The molecule has 8 bridgehead atoms. The Balaban J connectivity index is 1.02. The highest BCUT2D eigenvalue weighted by Crippen LogP contribution is 2.80. The SMILES string of the molecule is CC(C)C(C)C1OC1C1(O)CC=CC2CC3C4=CC(=O)C5(CC(O)C(O)C6(CCC(Cn7ccnc7)C6)C35C)C(O)SSCC3CCCC(CO)C35C(=O)N(CC53CCCC3O)c3cc(O)cc(c3)CCC23C1CCC43O. The molecule has 8 N–H and O–H groups in total. The van der Waals surface area contributed by atoms with Crippen molar-refractivity contribution in [2.45, 2.75) is 184 Å². The van der Waals surface area contributed by atoms with E-state index in [-0.39, 0.29) is 73.2 Å². The molecule has 5 aliphatic heterocycles. The van der Waals surface area contributed by atoms with Crippen molar-refractivity contribution in [3.63, 3.8) is 0 Å². The van der Waals surface area contributed by atoms with Crippen molar-refractivity contribution in [1.82, 2.24) is 9.55 Å². The first-order chi connectivity index (χ1) is 36.7. The van der Waals surface area contributed by atoms with Crippen LogP contribution in [0.4, 0.5) is 5.69 Å². The predicted molar refractivity (Wildman–Crippen MR) is 293 cm³/mol. The number of nitrogens with zero attached hydrogens (tertiary/aromatic N) is 3. The Hall–Kier alpha value is -2.77. The van der Waals surface area contributed by atoms with Gasteiger partial charge >= 0.3 is 0 Å². The van der Waals surface area contributed by atoms with Crippen molar-refractivity contribution >= 4 is 39.0 Å². The van der Waals surface area contributed by atoms with E-state index in [1.54, 1.807) is 35.6 Å². The molecule has 1 amide bonds. The first kappa shape index (κ1) is 53.5. The lowest BCUT2D eigenvalue weighted by atomic mass is 9.33. The van der Waals surface area contributed by atoms with Gasteiger partial charge in [-0.15, -0.1) is 0 Å². The number of rotatable bonds is 6. The number of allylic oxidation sites excluding steroid dienone is 2. The molecule has 16 heteroatoms. The molecule has 6 saturated carbocycles. The summed E-state index contributed by atoms with van der Waals surface area (Å²) in [5.74, 6) is -1.80. The number of aryl methyl sites for hydroxylation is 1. The summed E-state index contributed by atoms with van der Waals surface area (Å²) in [5, 5.41) is 103. The number of aromatic hydroxyl groups is 1. The zero-order chi connectivity index (χ0) is 54.0. The number of phenolic OH excluding ortho intramolecular Hbond substituents is 1. The zero-order valence-electron chi connectivity index (χ0n) is 45.4. The van der Waals surface area contributed by atoms with Gasteiger partial charge in [0.2, 0.25) is 5.91 Å². The number of carbonyl (C=O) groups excluding carboxylic acids is 2. The lowest BCUT2D eigenvalue weighted by Crippen LogP contribution is -2.75. The number of amides is 1. The van der Waals surface area contributed by atoms with Crippen LogP contribution in [-0.4, -0.2) is 128 Å². The molecule has 14 nitrogen and oxygen atoms in total. The summed E-state index contributed by atoms with van der Waals surface area (Å²) in [7, 11) is 2.62. The highest BCUT2D eigenvalue weighted by molar-refractivity contribution is 8.76. The Morgan fingerprint density at radius 1 is 0.935 bits per heavy atom. The van der Waals surface area contributed by atoms with Crippen LogP contribution in [-0.2, 0) is 27.3 Å². The van der Waals surface area contributed by atoms with Crippen molar-refractivity contribution in [2.75, 3.05) is 23.8 Å². The second-order valence-electron chi connectivity index (χ2n) is 27.4. The number of ether oxygens (including phenoxy) is 1. The van der Waals surface area contributed by atoms with Crippen LogP contribution in [0.2, 0.25) is 0 Å². The zero-order valence-corrected chi connectivity index (χ0v) is 47.0. The number of phenols is 1. The maximum Gasteiger partial charge on any atom is 0.234 e. The molecule has 1 aromatic carbocycles. The van der Waals surface area contributed by atoms with Crippen LogP contribution < -0.4 is 4.90 Å². The van der Waals surface area contributed by atoms with E-state index in [1.165, 1.54) is 21.6 Å². The van der Waals surface area contributed by atoms with Gasteiger partial charge in [-0.25, -0.2) is 4.98 Å². The summed E-state index contributed by atoms with van der Waals surface area (Å²) in [6.07, 6.45) is 14.9. The lowest BCUT2D eigenvalue weighted by molar-refractivity contribution is -0.263. The van der Waals surface area contributed by atoms with Crippen molar-refractivity contribution in [3.05, 3.63) is 66.3 Å². The third-order valence-corrected chi connectivity index (χ3v) is 27.5. The predicted octanol–water partition coefficient (Wildman–Crippen LogP) is 7.14. The van der Waals surface area contributed by atoms with Crippen molar-refractivity contribution in [3.8, 4) is 5.75 Å². The second-order valence-corrected chi connectivity index (χ2v) is 29.9. The number of aromatic nitrogens is 2. The topological polar surface area (TPSA) is 230 Å². The fraction of sp³-hybridized carbons (Fsp3) is 0.754. The fourth-order valence-electron chi connectivity index (χ4n) is 21.2. The largest absolute Gasteiger partial charge is 0.508 e. The summed E-state index contributed by atoms with van der Waals surface area (Å²) in [5.41, 5.74) is -9.62. The fourth-order valence-corrected chi connectivity index (χ4v) is 24.2. The van der Waals surface area contributed by atoms with E-state index >= 15 is 9.59 Å². The molecule has 5 spiro atoms. The molecule has 15 rings (SSSR count). The molecule has 6 heterocycles. The lowest BCUT2D eigenvalue weighted by Gasteiger charge is -2.72. The number of imidazole rings is 1. The molecule has 0 radical (unpaired) electrons. The van der Waals surface area contributed by atoms with Gasteiger partial charge < -0.3 is 55.1 Å². The van der Waals surface area contributed by atoms with Crippen molar-refractivity contribution in [1.29, 1.82) is 0 Å². The smallest absolute Gasteiger partial charge is 0.234 e. The van der Waals surface area contributed by atoms with Gasteiger partial charge in [-0.1, -0.05) is 74.3 Å². The van der Waals surface area contributed by atoms with Crippen LogP contribution in [0.3, 0.4) is 0 Å². The molecule has 8 fully saturated rings. The molecule has 21 atom stereocenters. The Kier molecular flexibility index (Phi) is 12.8. The van der Waals surface area contributed by atoms with E-state index in [1.807, 2.05) is 16.8 Å². The minimum Gasteiger partial charge on any atom is -0.508 e.